The Labute approximate surface area is 139 Å². The Hall–Kier alpha value is -2.22. The third-order valence-corrected chi connectivity index (χ3v) is 4.18. The summed E-state index contributed by atoms with van der Waals surface area (Å²) in [5.74, 6) is 5.83. The lowest BCUT2D eigenvalue weighted by atomic mass is 9.91. The fourth-order valence-corrected chi connectivity index (χ4v) is 2.62. The second-order valence-corrected chi connectivity index (χ2v) is 6.03. The van der Waals surface area contributed by atoms with Gasteiger partial charge in [0.1, 0.15) is 11.9 Å². The molecule has 0 saturated carbocycles. The Morgan fingerprint density at radius 2 is 1.91 bits per heavy atom. The van der Waals surface area contributed by atoms with Gasteiger partial charge in [0.2, 0.25) is 0 Å². The highest BCUT2D eigenvalue weighted by atomic mass is 35.5. The SMILES string of the molecule is O=C(c1ccoc1)N1CCC(O)(C#Cc2ccc(Cl)cc2)CC1. The van der Waals surface area contributed by atoms with Gasteiger partial charge in [0, 0.05) is 36.5 Å². The lowest BCUT2D eigenvalue weighted by Gasteiger charge is -2.34. The van der Waals surface area contributed by atoms with Crippen LogP contribution in [-0.4, -0.2) is 34.6 Å². The van der Waals surface area contributed by atoms with Crippen molar-refractivity contribution in [2.24, 2.45) is 0 Å². The fourth-order valence-electron chi connectivity index (χ4n) is 2.50. The number of carbonyl (C=O) groups is 1. The number of hydrogen-bond donors (Lipinski definition) is 1. The number of nitrogens with zero attached hydrogens (tertiary/aromatic N) is 1. The van der Waals surface area contributed by atoms with E-state index in [2.05, 4.69) is 11.8 Å². The first kappa shape index (κ1) is 15.7. The van der Waals surface area contributed by atoms with Crippen LogP contribution in [0.2, 0.25) is 5.02 Å². The number of furan rings is 1. The van der Waals surface area contributed by atoms with Gasteiger partial charge in [-0.3, -0.25) is 4.79 Å². The number of amides is 1. The summed E-state index contributed by atoms with van der Waals surface area (Å²) < 4.78 is 4.93. The zero-order chi connectivity index (χ0) is 16.3. The zero-order valence-electron chi connectivity index (χ0n) is 12.5. The molecular formula is C18H16ClNO3. The lowest BCUT2D eigenvalue weighted by molar-refractivity contribution is 0.0248. The van der Waals surface area contributed by atoms with E-state index in [0.717, 1.165) is 5.56 Å². The van der Waals surface area contributed by atoms with Gasteiger partial charge < -0.3 is 14.4 Å². The second-order valence-electron chi connectivity index (χ2n) is 5.59. The molecule has 4 nitrogen and oxygen atoms in total. The van der Waals surface area contributed by atoms with Crippen LogP contribution in [0.5, 0.6) is 0 Å². The highest BCUT2D eigenvalue weighted by Crippen LogP contribution is 2.23. The molecule has 2 heterocycles. The molecule has 1 saturated heterocycles. The number of benzene rings is 1. The molecule has 23 heavy (non-hydrogen) atoms. The highest BCUT2D eigenvalue weighted by molar-refractivity contribution is 6.30. The molecule has 1 aromatic heterocycles. The fraction of sp³-hybridized carbons (Fsp3) is 0.278. The van der Waals surface area contributed by atoms with Crippen LogP contribution < -0.4 is 0 Å². The first-order chi connectivity index (χ1) is 11.1. The highest BCUT2D eigenvalue weighted by Gasteiger charge is 2.32. The molecule has 0 unspecified atom stereocenters. The van der Waals surface area contributed by atoms with Crippen molar-refractivity contribution in [2.75, 3.05) is 13.1 Å². The van der Waals surface area contributed by atoms with Gasteiger partial charge in [-0.2, -0.15) is 0 Å². The van der Waals surface area contributed by atoms with Gasteiger partial charge in [-0.15, -0.1) is 0 Å². The number of likely N-dealkylation sites (tertiary alicyclic amines) is 1. The molecule has 0 bridgehead atoms. The molecule has 0 radical (unpaired) electrons. The average Bonchev–Trinajstić information content (AvgIpc) is 3.09. The van der Waals surface area contributed by atoms with E-state index in [1.54, 1.807) is 23.1 Å². The van der Waals surface area contributed by atoms with Crippen molar-refractivity contribution in [1.29, 1.82) is 0 Å². The van der Waals surface area contributed by atoms with Crippen molar-refractivity contribution in [3.8, 4) is 11.8 Å². The number of carbonyl (C=O) groups excluding carboxylic acids is 1. The van der Waals surface area contributed by atoms with E-state index < -0.39 is 5.60 Å². The smallest absolute Gasteiger partial charge is 0.257 e. The number of halogens is 1. The van der Waals surface area contributed by atoms with Crippen LogP contribution in [0.4, 0.5) is 0 Å². The largest absolute Gasteiger partial charge is 0.472 e. The van der Waals surface area contributed by atoms with Crippen LogP contribution in [0.1, 0.15) is 28.8 Å². The van der Waals surface area contributed by atoms with E-state index in [-0.39, 0.29) is 5.91 Å². The van der Waals surface area contributed by atoms with Gasteiger partial charge in [-0.25, -0.2) is 0 Å². The van der Waals surface area contributed by atoms with Crippen molar-refractivity contribution in [3.63, 3.8) is 0 Å². The van der Waals surface area contributed by atoms with Crippen LogP contribution in [-0.2, 0) is 0 Å². The molecule has 1 aliphatic heterocycles. The van der Waals surface area contributed by atoms with Crippen molar-refractivity contribution in [1.82, 2.24) is 4.90 Å². The van der Waals surface area contributed by atoms with Crippen LogP contribution in [0.3, 0.4) is 0 Å². The average molecular weight is 330 g/mol. The van der Waals surface area contributed by atoms with Crippen molar-refractivity contribution in [2.45, 2.75) is 18.4 Å². The summed E-state index contributed by atoms with van der Waals surface area (Å²) in [6.07, 6.45) is 3.77. The quantitative estimate of drug-likeness (QED) is 0.818. The molecule has 0 aliphatic carbocycles. The topological polar surface area (TPSA) is 53.7 Å². The predicted molar refractivity (Wildman–Crippen MR) is 87.1 cm³/mol. The van der Waals surface area contributed by atoms with E-state index in [1.165, 1.54) is 12.5 Å². The predicted octanol–water partition coefficient (Wildman–Crippen LogP) is 2.95. The van der Waals surface area contributed by atoms with E-state index in [4.69, 9.17) is 16.0 Å². The first-order valence-electron chi connectivity index (χ1n) is 7.38. The molecule has 118 valence electrons. The van der Waals surface area contributed by atoms with E-state index in [1.807, 2.05) is 12.1 Å². The maximum atomic E-state index is 12.2. The Morgan fingerprint density at radius 1 is 1.22 bits per heavy atom. The first-order valence-corrected chi connectivity index (χ1v) is 7.76. The normalized spacial score (nSPS) is 16.5. The Balaban J connectivity index is 1.63. The summed E-state index contributed by atoms with van der Waals surface area (Å²) >= 11 is 5.83. The Morgan fingerprint density at radius 3 is 2.52 bits per heavy atom. The van der Waals surface area contributed by atoms with Gasteiger partial charge in [0.05, 0.1) is 11.8 Å². The third kappa shape index (κ3) is 3.76. The zero-order valence-corrected chi connectivity index (χ0v) is 13.2. The van der Waals surface area contributed by atoms with Gasteiger partial charge in [0.25, 0.3) is 5.91 Å². The number of piperidine rings is 1. The van der Waals surface area contributed by atoms with Crippen molar-refractivity contribution in [3.05, 3.63) is 59.0 Å². The van der Waals surface area contributed by atoms with Crippen LogP contribution in [0, 0.1) is 11.8 Å². The monoisotopic (exact) mass is 329 g/mol. The van der Waals surface area contributed by atoms with Gasteiger partial charge in [0.15, 0.2) is 0 Å². The molecule has 2 aromatic rings. The Kier molecular flexibility index (Phi) is 4.42. The summed E-state index contributed by atoms with van der Waals surface area (Å²) in [6.45, 7) is 0.936. The van der Waals surface area contributed by atoms with Crippen LogP contribution >= 0.6 is 11.6 Å². The number of rotatable bonds is 1. The molecule has 1 fully saturated rings. The summed E-state index contributed by atoms with van der Waals surface area (Å²) in [5, 5.41) is 11.2. The van der Waals surface area contributed by atoms with Crippen LogP contribution in [0.15, 0.2) is 47.3 Å². The summed E-state index contributed by atoms with van der Waals surface area (Å²) in [6, 6.07) is 8.81. The second kappa shape index (κ2) is 6.49. The molecule has 1 aliphatic rings. The standard InChI is InChI=1S/C18H16ClNO3/c19-16-3-1-14(2-4-16)5-7-18(22)8-10-20(11-9-18)17(21)15-6-12-23-13-15/h1-4,6,12-13,22H,8-11H2. The molecule has 0 atom stereocenters. The van der Waals surface area contributed by atoms with E-state index >= 15 is 0 Å². The number of hydrogen-bond acceptors (Lipinski definition) is 3. The van der Waals surface area contributed by atoms with Crippen molar-refractivity contribution < 1.29 is 14.3 Å². The molecular weight excluding hydrogens is 314 g/mol. The Bertz CT molecular complexity index is 733. The molecule has 3 rings (SSSR count). The minimum atomic E-state index is -1.06. The minimum absolute atomic E-state index is 0.0774. The third-order valence-electron chi connectivity index (χ3n) is 3.93. The maximum Gasteiger partial charge on any atom is 0.257 e. The summed E-state index contributed by atoms with van der Waals surface area (Å²) in [7, 11) is 0. The van der Waals surface area contributed by atoms with Gasteiger partial charge in [-0.1, -0.05) is 23.4 Å². The van der Waals surface area contributed by atoms with Gasteiger partial charge in [-0.05, 0) is 30.3 Å². The summed E-state index contributed by atoms with van der Waals surface area (Å²) in [4.78, 5) is 13.9. The molecule has 5 heteroatoms. The maximum absolute atomic E-state index is 12.2. The molecule has 1 amide bonds. The molecule has 1 aromatic carbocycles. The van der Waals surface area contributed by atoms with E-state index in [9.17, 15) is 9.90 Å². The minimum Gasteiger partial charge on any atom is -0.472 e. The van der Waals surface area contributed by atoms with Crippen molar-refractivity contribution >= 4 is 17.5 Å². The molecule has 1 N–H and O–H groups in total. The molecule has 0 spiro atoms. The number of aliphatic hydroxyl groups is 1. The van der Waals surface area contributed by atoms with Crippen LogP contribution in [0.25, 0.3) is 0 Å². The lowest BCUT2D eigenvalue weighted by Crippen LogP contribution is -2.46. The van der Waals surface area contributed by atoms with Gasteiger partial charge >= 0.3 is 0 Å². The van der Waals surface area contributed by atoms with E-state index in [0.29, 0.717) is 36.5 Å². The summed E-state index contributed by atoms with van der Waals surface area (Å²) in [5.41, 5.74) is 0.273.